The zero-order chi connectivity index (χ0) is 20.1. The third-order valence-corrected chi connectivity index (χ3v) is 5.16. The Morgan fingerprint density at radius 2 is 1.65 bits per heavy atom. The molecule has 1 aliphatic rings. The number of nitrogens with one attached hydrogen (secondary N) is 2. The van der Waals surface area contributed by atoms with Crippen molar-refractivity contribution < 1.29 is 4.79 Å². The van der Waals surface area contributed by atoms with E-state index in [1.165, 1.54) is 5.69 Å². The van der Waals surface area contributed by atoms with Crippen molar-refractivity contribution in [3.63, 3.8) is 0 Å². The lowest BCUT2D eigenvalue weighted by Gasteiger charge is -2.29. The number of pyridine rings is 1. The summed E-state index contributed by atoms with van der Waals surface area (Å²) >= 11 is 0. The van der Waals surface area contributed by atoms with Crippen molar-refractivity contribution >= 4 is 36.4 Å². The van der Waals surface area contributed by atoms with Crippen LogP contribution < -0.4 is 15.5 Å². The molecule has 1 aromatic heterocycles. The minimum absolute atomic E-state index is 0. The topological polar surface area (TPSA) is 57.3 Å². The number of carbonyl (C=O) groups excluding carboxylic acids is 1. The first-order chi connectivity index (χ1) is 14.2. The number of hydrogen-bond acceptors (Lipinski definition) is 4. The molecule has 5 nitrogen and oxygen atoms in total. The summed E-state index contributed by atoms with van der Waals surface area (Å²) in [5, 5.41) is 6.35. The number of carbonyl (C=O) groups is 1. The molecule has 2 aromatic carbocycles. The number of benzene rings is 2. The molecule has 0 saturated carbocycles. The van der Waals surface area contributed by atoms with Crippen molar-refractivity contribution in [1.82, 2.24) is 15.6 Å². The lowest BCUT2D eigenvalue weighted by Crippen LogP contribution is -2.43. The van der Waals surface area contributed by atoms with E-state index in [1.54, 1.807) is 0 Å². The largest absolute Gasteiger partial charge is 0.369 e. The maximum atomic E-state index is 12.6. The molecule has 3 aromatic rings. The highest BCUT2D eigenvalue weighted by atomic mass is 35.5. The van der Waals surface area contributed by atoms with Gasteiger partial charge in [-0.15, -0.1) is 24.8 Å². The van der Waals surface area contributed by atoms with Gasteiger partial charge in [-0.2, -0.15) is 0 Å². The van der Waals surface area contributed by atoms with Crippen LogP contribution in [0.2, 0.25) is 0 Å². The Balaban J connectivity index is 0.00000171. The molecule has 0 radical (unpaired) electrons. The molecule has 0 bridgehead atoms. The highest BCUT2D eigenvalue weighted by Crippen LogP contribution is 2.26. The molecule has 4 rings (SSSR count). The number of aromatic nitrogens is 1. The summed E-state index contributed by atoms with van der Waals surface area (Å²) in [6, 6.07) is 22.2. The number of piperazine rings is 1. The van der Waals surface area contributed by atoms with E-state index in [2.05, 4.69) is 50.8 Å². The number of halogens is 2. The normalized spacial score (nSPS) is 13.0. The minimum atomic E-state index is -0.0894. The van der Waals surface area contributed by atoms with Gasteiger partial charge < -0.3 is 15.5 Å². The fourth-order valence-electron chi connectivity index (χ4n) is 3.62. The summed E-state index contributed by atoms with van der Waals surface area (Å²) in [4.78, 5) is 19.5. The summed E-state index contributed by atoms with van der Waals surface area (Å²) in [7, 11) is 0. The van der Waals surface area contributed by atoms with Gasteiger partial charge in [-0.1, -0.05) is 30.3 Å². The van der Waals surface area contributed by atoms with Crippen molar-refractivity contribution in [2.45, 2.75) is 13.5 Å². The third kappa shape index (κ3) is 6.44. The average molecular weight is 459 g/mol. The zero-order valence-corrected chi connectivity index (χ0v) is 19.1. The van der Waals surface area contributed by atoms with Crippen molar-refractivity contribution in [3.8, 4) is 11.1 Å². The second-order valence-corrected chi connectivity index (χ2v) is 7.32. The van der Waals surface area contributed by atoms with Gasteiger partial charge in [0.2, 0.25) is 0 Å². The molecule has 0 aliphatic carbocycles. The number of nitrogens with zero attached hydrogens (tertiary/aromatic N) is 2. The number of anilines is 1. The number of rotatable bonds is 5. The van der Waals surface area contributed by atoms with Crippen LogP contribution in [-0.2, 0) is 6.54 Å². The van der Waals surface area contributed by atoms with E-state index in [-0.39, 0.29) is 30.7 Å². The van der Waals surface area contributed by atoms with Crippen LogP contribution in [-0.4, -0.2) is 37.1 Å². The van der Waals surface area contributed by atoms with Crippen LogP contribution >= 0.6 is 24.8 Å². The number of aryl methyl sites for hydroxylation is 1. The van der Waals surface area contributed by atoms with Gasteiger partial charge in [-0.25, -0.2) is 0 Å². The lowest BCUT2D eigenvalue weighted by molar-refractivity contribution is 0.0950. The molecule has 2 heterocycles. The summed E-state index contributed by atoms with van der Waals surface area (Å²) in [5.74, 6) is -0.0894. The fraction of sp³-hybridized carbons (Fsp3) is 0.250. The molecule has 1 aliphatic heterocycles. The van der Waals surface area contributed by atoms with Crippen LogP contribution in [0.15, 0.2) is 66.7 Å². The van der Waals surface area contributed by atoms with Crippen molar-refractivity contribution in [2.24, 2.45) is 0 Å². The third-order valence-electron chi connectivity index (χ3n) is 5.16. The van der Waals surface area contributed by atoms with E-state index < -0.39 is 0 Å². The predicted octanol–water partition coefficient (Wildman–Crippen LogP) is 4.24. The average Bonchev–Trinajstić information content (AvgIpc) is 2.78. The Labute approximate surface area is 196 Å². The fourth-order valence-corrected chi connectivity index (χ4v) is 3.62. The molecule has 7 heteroatoms. The first-order valence-electron chi connectivity index (χ1n) is 10.1. The number of amides is 1. The van der Waals surface area contributed by atoms with Crippen molar-refractivity contribution in [2.75, 3.05) is 31.1 Å². The summed E-state index contributed by atoms with van der Waals surface area (Å²) in [6.07, 6.45) is 0. The summed E-state index contributed by atoms with van der Waals surface area (Å²) in [6.45, 7) is 6.41. The molecule has 31 heavy (non-hydrogen) atoms. The summed E-state index contributed by atoms with van der Waals surface area (Å²) < 4.78 is 0. The smallest absolute Gasteiger partial charge is 0.251 e. The Bertz CT molecular complexity index is 1010. The predicted molar refractivity (Wildman–Crippen MR) is 132 cm³/mol. The monoisotopic (exact) mass is 458 g/mol. The molecule has 2 N–H and O–H groups in total. The second kappa shape index (κ2) is 11.7. The van der Waals surface area contributed by atoms with Crippen LogP contribution in [0.25, 0.3) is 11.1 Å². The van der Waals surface area contributed by atoms with Crippen LogP contribution in [0.3, 0.4) is 0 Å². The molecule has 0 atom stereocenters. The van der Waals surface area contributed by atoms with Gasteiger partial charge in [0.25, 0.3) is 5.91 Å². The van der Waals surface area contributed by atoms with E-state index in [9.17, 15) is 4.79 Å². The summed E-state index contributed by atoms with van der Waals surface area (Å²) in [5.41, 5.74) is 5.85. The van der Waals surface area contributed by atoms with E-state index >= 15 is 0 Å². The van der Waals surface area contributed by atoms with Crippen LogP contribution in [0.5, 0.6) is 0 Å². The van der Waals surface area contributed by atoms with Crippen LogP contribution in [0, 0.1) is 6.92 Å². The SMILES string of the molecule is Cc1cccc(CNC(=O)c2cccc(-c3cccc(N4CCNCC4)c3)c2)n1.Cl.Cl. The van der Waals surface area contributed by atoms with Gasteiger partial charge >= 0.3 is 0 Å². The molecule has 0 spiro atoms. The standard InChI is InChI=1S/C24H26N4O.2ClH/c1-18-5-2-9-22(27-18)17-26-24(29)21-8-3-6-19(15-21)20-7-4-10-23(16-20)28-13-11-25-12-14-28;;/h2-10,15-16,25H,11-14,17H2,1H3,(H,26,29);2*1H. The maximum Gasteiger partial charge on any atom is 0.251 e. The molecular weight excluding hydrogens is 431 g/mol. The lowest BCUT2D eigenvalue weighted by atomic mass is 10.0. The minimum Gasteiger partial charge on any atom is -0.369 e. The molecule has 164 valence electrons. The Morgan fingerprint density at radius 1 is 0.968 bits per heavy atom. The first-order valence-corrected chi connectivity index (χ1v) is 10.1. The highest BCUT2D eigenvalue weighted by Gasteiger charge is 2.12. The Kier molecular flexibility index (Phi) is 9.31. The maximum absolute atomic E-state index is 12.6. The van der Waals surface area contributed by atoms with Crippen LogP contribution in [0.1, 0.15) is 21.7 Å². The van der Waals surface area contributed by atoms with Crippen molar-refractivity contribution in [3.05, 3.63) is 83.7 Å². The van der Waals surface area contributed by atoms with Gasteiger partial charge in [-0.3, -0.25) is 9.78 Å². The van der Waals surface area contributed by atoms with Gasteiger partial charge in [0.1, 0.15) is 0 Å². The van der Waals surface area contributed by atoms with E-state index in [4.69, 9.17) is 0 Å². The quantitative estimate of drug-likeness (QED) is 0.600. The van der Waals surface area contributed by atoms with E-state index in [0.29, 0.717) is 12.1 Å². The van der Waals surface area contributed by atoms with Gasteiger partial charge in [0, 0.05) is 43.1 Å². The number of hydrogen-bond donors (Lipinski definition) is 2. The van der Waals surface area contributed by atoms with E-state index in [0.717, 1.165) is 48.7 Å². The zero-order valence-electron chi connectivity index (χ0n) is 17.5. The Hall–Kier alpha value is -2.60. The molecule has 1 amide bonds. The molecule has 1 saturated heterocycles. The molecule has 0 unspecified atom stereocenters. The first kappa shape index (κ1) is 24.7. The highest BCUT2D eigenvalue weighted by molar-refractivity contribution is 5.95. The molecular formula is C24H28Cl2N4O. The Morgan fingerprint density at radius 3 is 2.39 bits per heavy atom. The van der Waals surface area contributed by atoms with Crippen molar-refractivity contribution in [1.29, 1.82) is 0 Å². The van der Waals surface area contributed by atoms with Gasteiger partial charge in [-0.05, 0) is 54.4 Å². The second-order valence-electron chi connectivity index (χ2n) is 7.32. The van der Waals surface area contributed by atoms with E-state index in [1.807, 2.05) is 43.3 Å². The van der Waals surface area contributed by atoms with Gasteiger partial charge in [0.05, 0.1) is 12.2 Å². The molecule has 1 fully saturated rings. The van der Waals surface area contributed by atoms with Gasteiger partial charge in [0.15, 0.2) is 0 Å². The van der Waals surface area contributed by atoms with Crippen LogP contribution in [0.4, 0.5) is 5.69 Å².